The summed E-state index contributed by atoms with van der Waals surface area (Å²) in [5.41, 5.74) is 4.35. The van der Waals surface area contributed by atoms with Crippen LogP contribution >= 0.6 is 0 Å². The third-order valence-electron chi connectivity index (χ3n) is 5.36. The molecule has 6 nitrogen and oxygen atoms in total. The van der Waals surface area contributed by atoms with Gasteiger partial charge in [-0.3, -0.25) is 4.79 Å². The fourth-order valence-electron chi connectivity index (χ4n) is 3.92. The molecule has 0 aliphatic rings. The first-order valence-corrected chi connectivity index (χ1v) is 10.2. The van der Waals surface area contributed by atoms with E-state index in [0.717, 1.165) is 38.1 Å². The Hall–Kier alpha value is -3.51. The van der Waals surface area contributed by atoms with Gasteiger partial charge in [-0.2, -0.15) is 0 Å². The number of hydrogen-bond donors (Lipinski definition) is 2. The van der Waals surface area contributed by atoms with Crippen LogP contribution in [-0.4, -0.2) is 33.7 Å². The molecule has 0 saturated heterocycles. The van der Waals surface area contributed by atoms with Crippen molar-refractivity contribution in [3.8, 4) is 11.5 Å². The van der Waals surface area contributed by atoms with E-state index in [1.165, 1.54) is 0 Å². The summed E-state index contributed by atoms with van der Waals surface area (Å²) in [4.78, 5) is 13.8. The lowest BCUT2D eigenvalue weighted by Crippen LogP contribution is -3.08. The highest BCUT2D eigenvalue weighted by atomic mass is 16.5. The minimum Gasteiger partial charge on any atom is -0.496 e. The zero-order valence-electron chi connectivity index (χ0n) is 18.2. The van der Waals surface area contributed by atoms with Crippen LogP contribution in [0.25, 0.3) is 21.9 Å². The van der Waals surface area contributed by atoms with Gasteiger partial charge in [0, 0.05) is 22.4 Å². The second-order valence-corrected chi connectivity index (χ2v) is 7.82. The number of methoxy groups -OCH3 is 2. The van der Waals surface area contributed by atoms with Crippen molar-refractivity contribution >= 4 is 33.5 Å². The van der Waals surface area contributed by atoms with Crippen LogP contribution in [0.5, 0.6) is 11.5 Å². The first kappa shape index (κ1) is 20.8. The summed E-state index contributed by atoms with van der Waals surface area (Å²) in [5, 5.41) is 4.96. The van der Waals surface area contributed by atoms with Gasteiger partial charge in [0.05, 0.1) is 27.0 Å². The number of furan rings is 1. The third-order valence-corrected chi connectivity index (χ3v) is 5.36. The first-order chi connectivity index (χ1) is 15.0. The van der Waals surface area contributed by atoms with E-state index < -0.39 is 0 Å². The van der Waals surface area contributed by atoms with Crippen molar-refractivity contribution in [2.45, 2.75) is 13.5 Å². The number of carbonyl (C=O) groups is 1. The van der Waals surface area contributed by atoms with Crippen molar-refractivity contribution in [1.29, 1.82) is 0 Å². The Morgan fingerprint density at radius 2 is 1.74 bits per heavy atom. The minimum atomic E-state index is -0.0992. The Kier molecular flexibility index (Phi) is 5.82. The summed E-state index contributed by atoms with van der Waals surface area (Å²) in [6.45, 7) is 3.03. The number of fused-ring (bicyclic) bond motifs is 3. The molecule has 3 aromatic carbocycles. The van der Waals surface area contributed by atoms with E-state index in [1.54, 1.807) is 14.2 Å². The number of nitrogens with one attached hydrogen (secondary N) is 2. The fourth-order valence-corrected chi connectivity index (χ4v) is 3.92. The number of anilines is 1. The molecule has 1 atom stereocenters. The standard InChI is InChI=1S/C25H26N2O4/c1-16-9-10-21(29-3)17(11-16)14-27(2)15-25(28)26-20-13-23-19(12-24(20)30-4)18-7-5-6-8-22(18)31-23/h5-13H,14-15H2,1-4H3,(H,26,28)/p+1. The second-order valence-electron chi connectivity index (χ2n) is 7.82. The summed E-state index contributed by atoms with van der Waals surface area (Å²) < 4.78 is 16.9. The van der Waals surface area contributed by atoms with Gasteiger partial charge in [0.15, 0.2) is 6.54 Å². The molecule has 4 aromatic rings. The maximum Gasteiger partial charge on any atom is 0.279 e. The van der Waals surface area contributed by atoms with Gasteiger partial charge < -0.3 is 24.1 Å². The molecule has 0 fully saturated rings. The highest BCUT2D eigenvalue weighted by molar-refractivity contribution is 6.07. The number of ether oxygens (including phenoxy) is 2. The van der Waals surface area contributed by atoms with E-state index in [-0.39, 0.29) is 5.91 Å². The molecule has 0 saturated carbocycles. The third kappa shape index (κ3) is 4.34. The van der Waals surface area contributed by atoms with Gasteiger partial charge in [-0.15, -0.1) is 0 Å². The molecule has 160 valence electrons. The minimum absolute atomic E-state index is 0.0992. The number of aryl methyl sites for hydroxylation is 1. The molecule has 1 unspecified atom stereocenters. The van der Waals surface area contributed by atoms with Crippen LogP contribution in [0.15, 0.2) is 59.0 Å². The van der Waals surface area contributed by atoms with E-state index in [2.05, 4.69) is 11.4 Å². The number of benzene rings is 3. The molecule has 0 spiro atoms. The summed E-state index contributed by atoms with van der Waals surface area (Å²) in [5.74, 6) is 1.34. The predicted octanol–water partition coefficient (Wildman–Crippen LogP) is 3.57. The van der Waals surface area contributed by atoms with Gasteiger partial charge >= 0.3 is 0 Å². The number of para-hydroxylation sites is 1. The van der Waals surface area contributed by atoms with Crippen molar-refractivity contribution in [3.05, 3.63) is 65.7 Å². The Morgan fingerprint density at radius 1 is 0.968 bits per heavy atom. The fraction of sp³-hybridized carbons (Fsp3) is 0.240. The normalized spacial score (nSPS) is 12.1. The van der Waals surface area contributed by atoms with Crippen LogP contribution < -0.4 is 19.7 Å². The van der Waals surface area contributed by atoms with Crippen LogP contribution in [0.1, 0.15) is 11.1 Å². The molecule has 0 radical (unpaired) electrons. The predicted molar refractivity (Wildman–Crippen MR) is 122 cm³/mol. The zero-order chi connectivity index (χ0) is 22.0. The Balaban J connectivity index is 1.51. The van der Waals surface area contributed by atoms with Gasteiger partial charge in [0.2, 0.25) is 0 Å². The van der Waals surface area contributed by atoms with E-state index >= 15 is 0 Å². The van der Waals surface area contributed by atoms with Gasteiger partial charge in [0.25, 0.3) is 5.91 Å². The molecule has 2 N–H and O–H groups in total. The highest BCUT2D eigenvalue weighted by Crippen LogP contribution is 2.36. The maximum atomic E-state index is 12.8. The molecule has 1 amide bonds. The smallest absolute Gasteiger partial charge is 0.279 e. The van der Waals surface area contributed by atoms with Crippen LogP contribution in [0.2, 0.25) is 0 Å². The summed E-state index contributed by atoms with van der Waals surface area (Å²) >= 11 is 0. The van der Waals surface area contributed by atoms with Crippen molar-refractivity contribution < 1.29 is 23.6 Å². The number of rotatable bonds is 7. The lowest BCUT2D eigenvalue weighted by Gasteiger charge is -2.17. The number of hydrogen-bond acceptors (Lipinski definition) is 4. The van der Waals surface area contributed by atoms with Crippen molar-refractivity contribution in [1.82, 2.24) is 0 Å². The van der Waals surface area contributed by atoms with Gasteiger partial charge in [-0.25, -0.2) is 0 Å². The van der Waals surface area contributed by atoms with E-state index in [1.807, 2.05) is 62.5 Å². The zero-order valence-corrected chi connectivity index (χ0v) is 18.2. The highest BCUT2D eigenvalue weighted by Gasteiger charge is 2.17. The van der Waals surface area contributed by atoms with Crippen LogP contribution in [0, 0.1) is 6.92 Å². The van der Waals surface area contributed by atoms with Crippen LogP contribution in [0.3, 0.4) is 0 Å². The molecular weight excluding hydrogens is 392 g/mol. The second kappa shape index (κ2) is 8.70. The van der Waals surface area contributed by atoms with E-state index in [0.29, 0.717) is 30.1 Å². The Morgan fingerprint density at radius 3 is 2.52 bits per heavy atom. The number of carbonyl (C=O) groups excluding carboxylic acids is 1. The molecule has 31 heavy (non-hydrogen) atoms. The van der Waals surface area contributed by atoms with Crippen molar-refractivity contribution in [3.63, 3.8) is 0 Å². The monoisotopic (exact) mass is 419 g/mol. The maximum absolute atomic E-state index is 12.8. The molecule has 0 aliphatic heterocycles. The molecule has 6 heteroatoms. The number of amides is 1. The quantitative estimate of drug-likeness (QED) is 0.481. The lowest BCUT2D eigenvalue weighted by molar-refractivity contribution is -0.885. The average molecular weight is 420 g/mol. The first-order valence-electron chi connectivity index (χ1n) is 10.2. The largest absolute Gasteiger partial charge is 0.496 e. The summed E-state index contributed by atoms with van der Waals surface area (Å²) in [6.07, 6.45) is 0. The van der Waals surface area contributed by atoms with Crippen LogP contribution in [0.4, 0.5) is 5.69 Å². The summed E-state index contributed by atoms with van der Waals surface area (Å²) in [6, 6.07) is 17.7. The van der Waals surface area contributed by atoms with Gasteiger partial charge in [-0.1, -0.05) is 29.8 Å². The average Bonchev–Trinajstić information content (AvgIpc) is 3.10. The Labute approximate surface area is 181 Å². The Bertz CT molecular complexity index is 1250. The van der Waals surface area contributed by atoms with E-state index in [9.17, 15) is 4.79 Å². The molecule has 1 heterocycles. The SMILES string of the molecule is COc1ccc(C)cc1C[NH+](C)CC(=O)Nc1cc2oc3ccccc3c2cc1OC. The molecular formula is C25H27N2O4+. The van der Waals surface area contributed by atoms with Crippen molar-refractivity contribution in [2.75, 3.05) is 33.1 Å². The molecule has 0 bridgehead atoms. The number of quaternary nitrogens is 1. The van der Waals surface area contributed by atoms with Crippen LogP contribution in [-0.2, 0) is 11.3 Å². The summed E-state index contributed by atoms with van der Waals surface area (Å²) in [7, 11) is 5.25. The van der Waals surface area contributed by atoms with Crippen molar-refractivity contribution in [2.24, 2.45) is 0 Å². The lowest BCUT2D eigenvalue weighted by atomic mass is 10.1. The number of likely N-dealkylation sites (N-methyl/N-ethyl adjacent to an activating group) is 1. The van der Waals surface area contributed by atoms with Gasteiger partial charge in [0.1, 0.15) is 29.2 Å². The molecule has 1 aromatic heterocycles. The van der Waals surface area contributed by atoms with Gasteiger partial charge in [-0.05, 0) is 31.2 Å². The van der Waals surface area contributed by atoms with E-state index in [4.69, 9.17) is 13.9 Å². The molecule has 0 aliphatic carbocycles. The molecule has 4 rings (SSSR count). The topological polar surface area (TPSA) is 65.1 Å².